The van der Waals surface area contributed by atoms with E-state index in [1.165, 1.54) is 0 Å². The van der Waals surface area contributed by atoms with Gasteiger partial charge in [0.2, 0.25) is 5.91 Å². The molecule has 2 fully saturated rings. The summed E-state index contributed by atoms with van der Waals surface area (Å²) in [5, 5.41) is 3.15. The number of hydrazine groups is 1. The molecule has 6 nitrogen and oxygen atoms in total. The number of rotatable bonds is 6. The molecule has 3 N–H and O–H groups in total. The molecule has 132 valence electrons. The minimum Gasteiger partial charge on any atom is -0.492 e. The van der Waals surface area contributed by atoms with Gasteiger partial charge in [0.1, 0.15) is 12.4 Å². The summed E-state index contributed by atoms with van der Waals surface area (Å²) in [7, 11) is 0. The van der Waals surface area contributed by atoms with E-state index in [1.54, 1.807) is 0 Å². The molecule has 0 spiro atoms. The van der Waals surface area contributed by atoms with Crippen LogP contribution in [0, 0.1) is 0 Å². The summed E-state index contributed by atoms with van der Waals surface area (Å²) in [6, 6.07) is 10.8. The smallest absolute Gasteiger partial charge is 0.234 e. The second-order valence-electron chi connectivity index (χ2n) is 6.85. The average molecular weight is 332 g/mol. The summed E-state index contributed by atoms with van der Waals surface area (Å²) in [4.78, 5) is 14.7. The zero-order valence-corrected chi connectivity index (χ0v) is 14.5. The third kappa shape index (κ3) is 4.26. The first-order valence-electron chi connectivity index (χ1n) is 8.86. The van der Waals surface area contributed by atoms with Gasteiger partial charge in [-0.15, -0.1) is 0 Å². The Morgan fingerprint density at radius 3 is 2.67 bits per heavy atom. The summed E-state index contributed by atoms with van der Waals surface area (Å²) < 4.78 is 5.88. The van der Waals surface area contributed by atoms with E-state index in [1.807, 2.05) is 30.3 Å². The fourth-order valence-electron chi connectivity index (χ4n) is 3.54. The van der Waals surface area contributed by atoms with E-state index in [4.69, 9.17) is 4.74 Å². The minimum absolute atomic E-state index is 0.0933. The van der Waals surface area contributed by atoms with Crippen LogP contribution in [0.1, 0.15) is 26.7 Å². The minimum atomic E-state index is 0.0933. The van der Waals surface area contributed by atoms with Crippen molar-refractivity contribution in [1.29, 1.82) is 0 Å². The lowest BCUT2D eigenvalue weighted by atomic mass is 10.1. The van der Waals surface area contributed by atoms with Crippen LogP contribution in [-0.2, 0) is 4.79 Å². The normalized spacial score (nSPS) is 30.4. The van der Waals surface area contributed by atoms with Crippen molar-refractivity contribution in [3.05, 3.63) is 30.3 Å². The number of likely N-dealkylation sites (tertiary alicyclic amines) is 1. The number of ether oxygens (including phenoxy) is 1. The summed E-state index contributed by atoms with van der Waals surface area (Å²) in [5.41, 5.74) is 6.33. The number of carbonyl (C=O) groups is 1. The molecule has 24 heavy (non-hydrogen) atoms. The standard InChI is InChI=1S/C18H28N4O2/c1-13-18(14(2)21-20-13)19-17(23)11-22-10-6-7-15(22)12-24-16-8-4-3-5-9-16/h3-5,8-9,13-15,18,20-21H,6-7,10-12H2,1-2H3,(H,19,23). The highest BCUT2D eigenvalue weighted by Crippen LogP contribution is 2.19. The van der Waals surface area contributed by atoms with Gasteiger partial charge in [-0.2, -0.15) is 0 Å². The first kappa shape index (κ1) is 17.2. The van der Waals surface area contributed by atoms with Crippen molar-refractivity contribution in [2.75, 3.05) is 19.7 Å². The van der Waals surface area contributed by atoms with Crippen molar-refractivity contribution >= 4 is 5.91 Å². The monoisotopic (exact) mass is 332 g/mol. The van der Waals surface area contributed by atoms with Crippen LogP contribution >= 0.6 is 0 Å². The molecule has 0 aliphatic carbocycles. The Labute approximate surface area is 143 Å². The lowest BCUT2D eigenvalue weighted by molar-refractivity contribution is -0.123. The van der Waals surface area contributed by atoms with Crippen molar-refractivity contribution in [1.82, 2.24) is 21.1 Å². The molecular weight excluding hydrogens is 304 g/mol. The van der Waals surface area contributed by atoms with Crippen LogP contribution in [0.4, 0.5) is 0 Å². The third-order valence-corrected chi connectivity index (χ3v) is 4.98. The Balaban J connectivity index is 1.47. The molecule has 3 atom stereocenters. The van der Waals surface area contributed by atoms with Gasteiger partial charge in [0.15, 0.2) is 0 Å². The molecule has 0 bridgehead atoms. The predicted octanol–water partition coefficient (Wildman–Crippen LogP) is 0.899. The van der Waals surface area contributed by atoms with E-state index in [9.17, 15) is 4.79 Å². The Hall–Kier alpha value is -1.63. The second-order valence-corrected chi connectivity index (χ2v) is 6.85. The number of carbonyl (C=O) groups excluding carboxylic acids is 1. The third-order valence-electron chi connectivity index (χ3n) is 4.98. The van der Waals surface area contributed by atoms with E-state index in [2.05, 4.69) is 34.9 Å². The summed E-state index contributed by atoms with van der Waals surface area (Å²) in [5.74, 6) is 0.982. The quantitative estimate of drug-likeness (QED) is 0.722. The van der Waals surface area contributed by atoms with Crippen molar-refractivity contribution in [2.45, 2.75) is 50.9 Å². The summed E-state index contributed by atoms with van der Waals surface area (Å²) in [6.45, 7) is 6.19. The van der Waals surface area contributed by atoms with Gasteiger partial charge in [-0.25, -0.2) is 0 Å². The molecule has 3 rings (SSSR count). The number of hydrogen-bond donors (Lipinski definition) is 3. The molecule has 0 saturated carbocycles. The highest BCUT2D eigenvalue weighted by Gasteiger charge is 2.32. The van der Waals surface area contributed by atoms with Crippen molar-refractivity contribution in [2.24, 2.45) is 0 Å². The Kier molecular flexibility index (Phi) is 5.71. The number of para-hydroxylation sites is 1. The molecule has 2 aliphatic rings. The SMILES string of the molecule is CC1NNC(C)C1NC(=O)CN1CCCC1COc1ccccc1. The van der Waals surface area contributed by atoms with E-state index >= 15 is 0 Å². The highest BCUT2D eigenvalue weighted by molar-refractivity contribution is 5.78. The second kappa shape index (κ2) is 7.96. The van der Waals surface area contributed by atoms with E-state index in [0.29, 0.717) is 19.2 Å². The molecule has 0 radical (unpaired) electrons. The van der Waals surface area contributed by atoms with Gasteiger partial charge >= 0.3 is 0 Å². The topological polar surface area (TPSA) is 65.6 Å². The maximum Gasteiger partial charge on any atom is 0.234 e. The van der Waals surface area contributed by atoms with Gasteiger partial charge in [0.25, 0.3) is 0 Å². The highest BCUT2D eigenvalue weighted by atomic mass is 16.5. The van der Waals surface area contributed by atoms with E-state index in [-0.39, 0.29) is 24.0 Å². The number of benzene rings is 1. The number of nitrogens with zero attached hydrogens (tertiary/aromatic N) is 1. The van der Waals surface area contributed by atoms with E-state index < -0.39 is 0 Å². The summed E-state index contributed by atoms with van der Waals surface area (Å²) in [6.07, 6.45) is 2.20. The van der Waals surface area contributed by atoms with Gasteiger partial charge in [-0.05, 0) is 45.4 Å². The first-order valence-corrected chi connectivity index (χ1v) is 8.86. The van der Waals surface area contributed by atoms with E-state index in [0.717, 1.165) is 25.1 Å². The molecule has 3 unspecified atom stereocenters. The maximum atomic E-state index is 12.4. The molecule has 0 aromatic heterocycles. The molecule has 1 aromatic carbocycles. The zero-order valence-electron chi connectivity index (χ0n) is 14.5. The van der Waals surface area contributed by atoms with Crippen LogP contribution in [0.15, 0.2) is 30.3 Å². The van der Waals surface area contributed by atoms with Crippen LogP contribution in [0.5, 0.6) is 5.75 Å². The van der Waals surface area contributed by atoms with Gasteiger partial charge < -0.3 is 10.1 Å². The lowest BCUT2D eigenvalue weighted by Crippen LogP contribution is -2.50. The Morgan fingerprint density at radius 1 is 1.25 bits per heavy atom. The van der Waals surface area contributed by atoms with Gasteiger partial charge in [0.05, 0.1) is 12.6 Å². The Morgan fingerprint density at radius 2 is 1.96 bits per heavy atom. The summed E-state index contributed by atoms with van der Waals surface area (Å²) >= 11 is 0. The molecule has 2 saturated heterocycles. The predicted molar refractivity (Wildman–Crippen MR) is 93.7 cm³/mol. The van der Waals surface area contributed by atoms with Gasteiger partial charge in [0, 0.05) is 18.1 Å². The van der Waals surface area contributed by atoms with Gasteiger partial charge in [-0.3, -0.25) is 20.5 Å². The average Bonchev–Trinajstić information content (AvgIpc) is 3.15. The lowest BCUT2D eigenvalue weighted by Gasteiger charge is -2.26. The van der Waals surface area contributed by atoms with Crippen LogP contribution in [0.2, 0.25) is 0 Å². The molecule has 6 heteroatoms. The fraction of sp³-hybridized carbons (Fsp3) is 0.611. The molecular formula is C18H28N4O2. The molecule has 1 aromatic rings. The molecule has 2 heterocycles. The number of amides is 1. The van der Waals surface area contributed by atoms with Crippen molar-refractivity contribution in [3.63, 3.8) is 0 Å². The van der Waals surface area contributed by atoms with Crippen LogP contribution in [-0.4, -0.2) is 54.7 Å². The Bertz CT molecular complexity index is 529. The zero-order chi connectivity index (χ0) is 16.9. The van der Waals surface area contributed by atoms with Crippen LogP contribution in [0.25, 0.3) is 0 Å². The molecule has 1 amide bonds. The van der Waals surface area contributed by atoms with Crippen molar-refractivity contribution in [3.8, 4) is 5.75 Å². The number of nitrogens with one attached hydrogen (secondary N) is 3. The fourth-order valence-corrected chi connectivity index (χ4v) is 3.54. The largest absolute Gasteiger partial charge is 0.492 e. The maximum absolute atomic E-state index is 12.4. The number of hydrogen-bond acceptors (Lipinski definition) is 5. The van der Waals surface area contributed by atoms with Crippen LogP contribution < -0.4 is 20.9 Å². The van der Waals surface area contributed by atoms with Gasteiger partial charge in [-0.1, -0.05) is 18.2 Å². The van der Waals surface area contributed by atoms with Crippen molar-refractivity contribution < 1.29 is 9.53 Å². The molecule has 2 aliphatic heterocycles. The van der Waals surface area contributed by atoms with Crippen LogP contribution in [0.3, 0.4) is 0 Å². The first-order chi connectivity index (χ1) is 11.6.